The van der Waals surface area contributed by atoms with Crippen LogP contribution in [0.1, 0.15) is 58.2 Å². The largest absolute Gasteiger partial charge is 0.492 e. The van der Waals surface area contributed by atoms with Crippen LogP contribution in [0.15, 0.2) is 54.6 Å². The second kappa shape index (κ2) is 8.59. The van der Waals surface area contributed by atoms with Gasteiger partial charge in [0.1, 0.15) is 23.4 Å². The minimum absolute atomic E-state index is 0.0402. The van der Waals surface area contributed by atoms with Gasteiger partial charge >= 0.3 is 5.97 Å². The highest BCUT2D eigenvalue weighted by atomic mass is 19.1. The third-order valence-corrected chi connectivity index (χ3v) is 6.43. The van der Waals surface area contributed by atoms with Crippen LogP contribution in [0.5, 0.6) is 11.5 Å². The Morgan fingerprint density at radius 2 is 2.03 bits per heavy atom. The third kappa shape index (κ3) is 4.14. The van der Waals surface area contributed by atoms with Crippen molar-refractivity contribution in [1.82, 2.24) is 0 Å². The summed E-state index contributed by atoms with van der Waals surface area (Å²) >= 11 is 0. The van der Waals surface area contributed by atoms with E-state index in [1.54, 1.807) is 6.07 Å². The average Bonchev–Trinajstić information content (AvgIpc) is 3.38. The van der Waals surface area contributed by atoms with Crippen LogP contribution >= 0.6 is 0 Å². The van der Waals surface area contributed by atoms with Crippen molar-refractivity contribution in [1.29, 1.82) is 5.26 Å². The van der Waals surface area contributed by atoms with Gasteiger partial charge < -0.3 is 14.6 Å². The smallest absolute Gasteiger partial charge is 0.304 e. The fourth-order valence-electron chi connectivity index (χ4n) is 4.89. The highest BCUT2D eigenvalue weighted by Crippen LogP contribution is 2.42. The lowest BCUT2D eigenvalue weighted by Crippen LogP contribution is -2.07. The maximum atomic E-state index is 13.7. The van der Waals surface area contributed by atoms with Gasteiger partial charge in [-0.05, 0) is 65.8 Å². The Hall–Kier alpha value is -3.85. The molecule has 6 heteroatoms. The van der Waals surface area contributed by atoms with E-state index < -0.39 is 5.97 Å². The molecule has 33 heavy (non-hydrogen) atoms. The second-order valence-corrected chi connectivity index (χ2v) is 8.53. The molecule has 1 aliphatic heterocycles. The summed E-state index contributed by atoms with van der Waals surface area (Å²) in [6, 6.07) is 18.1. The number of fused-ring (bicyclic) bond motifs is 2. The van der Waals surface area contributed by atoms with E-state index >= 15 is 0 Å². The zero-order chi connectivity index (χ0) is 22.9. The van der Waals surface area contributed by atoms with E-state index in [0.29, 0.717) is 30.1 Å². The molecule has 5 rings (SSSR count). The molecular formula is C27H22FNO4. The Balaban J connectivity index is 1.39. The number of nitrogens with zero attached hydrogens (tertiary/aromatic N) is 1. The predicted octanol–water partition coefficient (Wildman–Crippen LogP) is 5.31. The van der Waals surface area contributed by atoms with Crippen LogP contribution in [-0.4, -0.2) is 17.7 Å². The van der Waals surface area contributed by atoms with Gasteiger partial charge in [0.05, 0.1) is 24.7 Å². The van der Waals surface area contributed by atoms with Crippen molar-refractivity contribution in [3.63, 3.8) is 0 Å². The standard InChI is InChI=1S/C27H22FNO4/c28-19-3-1-2-16(10-19)11-24-17(14-29)4-6-23-22(24)8-9-25(23)33-20-5-7-21-18(12-27(30)31)15-32-26(21)13-20/h1-7,10,13,18,25H,8-9,11-12,15H2,(H,30,31)/t18?,25-/m1/s1. The number of carboxylic acid groups (broad SMARTS) is 1. The SMILES string of the molecule is N#Cc1ccc2c(c1Cc1cccc(F)c1)CC[C@H]2Oc1ccc2c(c1)OCC2CC(=O)O. The van der Waals surface area contributed by atoms with Crippen molar-refractivity contribution in [3.8, 4) is 17.6 Å². The zero-order valence-corrected chi connectivity index (χ0v) is 17.9. The van der Waals surface area contributed by atoms with Gasteiger partial charge in [0.25, 0.3) is 0 Å². The van der Waals surface area contributed by atoms with Crippen LogP contribution in [0.3, 0.4) is 0 Å². The molecule has 1 heterocycles. The quantitative estimate of drug-likeness (QED) is 0.559. The van der Waals surface area contributed by atoms with Gasteiger partial charge in [-0.2, -0.15) is 5.26 Å². The molecule has 166 valence electrons. The summed E-state index contributed by atoms with van der Waals surface area (Å²) in [5.41, 5.74) is 5.41. The van der Waals surface area contributed by atoms with Crippen LogP contribution in [0, 0.1) is 17.1 Å². The number of nitriles is 1. The van der Waals surface area contributed by atoms with Gasteiger partial charge in [0, 0.05) is 17.5 Å². The second-order valence-electron chi connectivity index (χ2n) is 8.53. The molecule has 1 N–H and O–H groups in total. The first kappa shape index (κ1) is 21.0. The molecule has 0 fully saturated rings. The lowest BCUT2D eigenvalue weighted by Gasteiger charge is -2.17. The number of rotatable bonds is 6. The van der Waals surface area contributed by atoms with Crippen LogP contribution in [0.25, 0.3) is 0 Å². The molecule has 0 aromatic heterocycles. The molecule has 0 amide bonds. The van der Waals surface area contributed by atoms with Crippen molar-refractivity contribution in [3.05, 3.63) is 93.8 Å². The predicted molar refractivity (Wildman–Crippen MR) is 119 cm³/mol. The van der Waals surface area contributed by atoms with E-state index in [0.717, 1.165) is 40.7 Å². The molecule has 0 saturated heterocycles. The van der Waals surface area contributed by atoms with Gasteiger partial charge in [-0.1, -0.05) is 24.3 Å². The van der Waals surface area contributed by atoms with Gasteiger partial charge in [0.2, 0.25) is 0 Å². The van der Waals surface area contributed by atoms with Gasteiger partial charge in [-0.3, -0.25) is 4.79 Å². The minimum atomic E-state index is -0.842. The normalized spacial score (nSPS) is 18.2. The number of benzene rings is 3. The van der Waals surface area contributed by atoms with Crippen LogP contribution in [0.4, 0.5) is 4.39 Å². The van der Waals surface area contributed by atoms with Crippen molar-refractivity contribution in [2.75, 3.05) is 6.61 Å². The number of halogens is 1. The molecule has 5 nitrogen and oxygen atoms in total. The Kier molecular flexibility index (Phi) is 5.47. The minimum Gasteiger partial charge on any atom is -0.492 e. The van der Waals surface area contributed by atoms with E-state index in [4.69, 9.17) is 14.6 Å². The molecule has 0 spiro atoms. The van der Waals surface area contributed by atoms with Crippen LogP contribution < -0.4 is 9.47 Å². The molecule has 2 aliphatic rings. The summed E-state index contributed by atoms with van der Waals surface area (Å²) in [7, 11) is 0. The highest BCUT2D eigenvalue weighted by molar-refractivity contribution is 5.68. The molecule has 3 aromatic carbocycles. The summed E-state index contributed by atoms with van der Waals surface area (Å²) in [6.07, 6.45) is 1.93. The third-order valence-electron chi connectivity index (χ3n) is 6.43. The Bertz CT molecular complexity index is 1280. The molecular weight excluding hydrogens is 421 g/mol. The Labute approximate surface area is 191 Å². The first-order valence-corrected chi connectivity index (χ1v) is 11.0. The maximum absolute atomic E-state index is 13.7. The maximum Gasteiger partial charge on any atom is 0.304 e. The molecule has 1 aliphatic carbocycles. The van der Waals surface area contributed by atoms with E-state index in [2.05, 4.69) is 6.07 Å². The van der Waals surface area contributed by atoms with Gasteiger partial charge in [0.15, 0.2) is 0 Å². The molecule has 3 aromatic rings. The monoisotopic (exact) mass is 443 g/mol. The summed E-state index contributed by atoms with van der Waals surface area (Å²) in [5, 5.41) is 18.7. The molecule has 0 bridgehead atoms. The van der Waals surface area contributed by atoms with E-state index in [1.165, 1.54) is 12.1 Å². The summed E-state index contributed by atoms with van der Waals surface area (Å²) in [4.78, 5) is 11.1. The topological polar surface area (TPSA) is 79.5 Å². The molecule has 2 atom stereocenters. The summed E-state index contributed by atoms with van der Waals surface area (Å²) in [5.74, 6) is 0.0603. The molecule has 0 saturated carbocycles. The van der Waals surface area contributed by atoms with Crippen molar-refractivity contribution >= 4 is 5.97 Å². The fraction of sp³-hybridized carbons (Fsp3) is 0.259. The number of aliphatic carboxylic acids is 1. The Morgan fingerprint density at radius 1 is 1.18 bits per heavy atom. The Morgan fingerprint density at radius 3 is 2.82 bits per heavy atom. The van der Waals surface area contributed by atoms with Crippen molar-refractivity contribution in [2.24, 2.45) is 0 Å². The summed E-state index contributed by atoms with van der Waals surface area (Å²) < 4.78 is 25.7. The molecule has 0 radical (unpaired) electrons. The van der Waals surface area contributed by atoms with Gasteiger partial charge in [-0.15, -0.1) is 0 Å². The number of carbonyl (C=O) groups is 1. The average molecular weight is 443 g/mol. The van der Waals surface area contributed by atoms with E-state index in [9.17, 15) is 14.4 Å². The molecule has 1 unspecified atom stereocenters. The number of ether oxygens (including phenoxy) is 2. The zero-order valence-electron chi connectivity index (χ0n) is 17.9. The fourth-order valence-corrected chi connectivity index (χ4v) is 4.89. The highest BCUT2D eigenvalue weighted by Gasteiger charge is 2.30. The lowest BCUT2D eigenvalue weighted by atomic mass is 9.92. The number of hydrogen-bond acceptors (Lipinski definition) is 4. The lowest BCUT2D eigenvalue weighted by molar-refractivity contribution is -0.137. The first-order valence-electron chi connectivity index (χ1n) is 11.0. The van der Waals surface area contributed by atoms with Crippen LogP contribution in [-0.2, 0) is 17.6 Å². The summed E-state index contributed by atoms with van der Waals surface area (Å²) in [6.45, 7) is 0.359. The van der Waals surface area contributed by atoms with Crippen molar-refractivity contribution in [2.45, 2.75) is 37.7 Å². The number of carboxylic acids is 1. The van der Waals surface area contributed by atoms with Crippen LogP contribution in [0.2, 0.25) is 0 Å². The van der Waals surface area contributed by atoms with E-state index in [1.807, 2.05) is 36.4 Å². The number of hydrogen-bond donors (Lipinski definition) is 1. The van der Waals surface area contributed by atoms with E-state index in [-0.39, 0.29) is 24.3 Å². The first-order chi connectivity index (χ1) is 16.0. The van der Waals surface area contributed by atoms with Gasteiger partial charge in [-0.25, -0.2) is 4.39 Å². The van der Waals surface area contributed by atoms with Crippen molar-refractivity contribution < 1.29 is 23.8 Å².